The Bertz CT molecular complexity index is 1090. The Morgan fingerprint density at radius 2 is 2.03 bits per heavy atom. The monoisotopic (exact) mass is 474 g/mol. The highest BCUT2D eigenvalue weighted by Gasteiger charge is 2.42. The third kappa shape index (κ3) is 3.50. The molecular formula is C23H28Cl2N6O. The van der Waals surface area contributed by atoms with Crippen LogP contribution in [0.3, 0.4) is 0 Å². The van der Waals surface area contributed by atoms with Crippen LogP contribution < -0.4 is 5.32 Å². The van der Waals surface area contributed by atoms with Crippen LogP contribution in [0, 0.1) is 0 Å². The Morgan fingerprint density at radius 3 is 2.75 bits per heavy atom. The lowest BCUT2D eigenvalue weighted by Gasteiger charge is -2.34. The maximum absolute atomic E-state index is 6.75. The molecule has 1 aliphatic carbocycles. The number of nitrogens with zero attached hydrogens (tertiary/aromatic N) is 5. The second-order valence-electron chi connectivity index (χ2n) is 9.85. The van der Waals surface area contributed by atoms with Crippen molar-refractivity contribution in [2.75, 3.05) is 38.7 Å². The Morgan fingerprint density at radius 1 is 1.22 bits per heavy atom. The lowest BCUT2D eigenvalue weighted by Crippen LogP contribution is -2.47. The molecule has 7 nitrogen and oxygen atoms in total. The van der Waals surface area contributed by atoms with Crippen molar-refractivity contribution in [2.45, 2.75) is 50.2 Å². The Balaban J connectivity index is 1.26. The van der Waals surface area contributed by atoms with Gasteiger partial charge in [-0.05, 0) is 61.9 Å². The summed E-state index contributed by atoms with van der Waals surface area (Å²) in [7, 11) is 2.02. The van der Waals surface area contributed by atoms with Crippen LogP contribution in [0.5, 0.6) is 0 Å². The summed E-state index contributed by atoms with van der Waals surface area (Å²) in [6.07, 6.45) is 5.13. The highest BCUT2D eigenvalue weighted by atomic mass is 35.5. The number of halogens is 2. The maximum atomic E-state index is 6.75. The summed E-state index contributed by atoms with van der Waals surface area (Å²) in [6.45, 7) is 6.77. The lowest BCUT2D eigenvalue weighted by atomic mass is 9.95. The number of hydrogen-bond acceptors (Lipinski definition) is 6. The number of fused-ring (bicyclic) bond motifs is 1. The number of aliphatic imine (C=N–C) groups is 1. The molecule has 2 saturated heterocycles. The van der Waals surface area contributed by atoms with E-state index in [0.717, 1.165) is 80.0 Å². The molecule has 6 rings (SSSR count). The molecule has 1 aromatic carbocycles. The smallest absolute Gasteiger partial charge is 0.203 e. The molecule has 1 aromatic heterocycles. The first kappa shape index (κ1) is 20.8. The molecule has 9 heteroatoms. The second-order valence-corrected chi connectivity index (χ2v) is 10.6. The van der Waals surface area contributed by atoms with Crippen molar-refractivity contribution < 1.29 is 4.74 Å². The fraction of sp³-hybridized carbons (Fsp3) is 0.565. The fourth-order valence-electron chi connectivity index (χ4n) is 4.93. The molecule has 1 saturated carbocycles. The van der Waals surface area contributed by atoms with Crippen LogP contribution in [-0.4, -0.2) is 64.9 Å². The predicted molar refractivity (Wildman–Crippen MR) is 127 cm³/mol. The number of guanidine groups is 1. The number of anilines is 1. The number of hydrogen-bond donors (Lipinski definition) is 1. The molecule has 4 heterocycles. The van der Waals surface area contributed by atoms with Crippen molar-refractivity contribution in [1.29, 1.82) is 0 Å². The minimum Gasteiger partial charge on any atom is -0.378 e. The van der Waals surface area contributed by atoms with E-state index in [9.17, 15) is 0 Å². The van der Waals surface area contributed by atoms with E-state index in [1.807, 2.05) is 11.7 Å². The third-order valence-corrected chi connectivity index (χ3v) is 8.12. The lowest BCUT2D eigenvalue weighted by molar-refractivity contribution is -0.0573. The Labute approximate surface area is 198 Å². The summed E-state index contributed by atoms with van der Waals surface area (Å²) < 4.78 is 7.30. The SMILES string of the molecule is CN1Cc2cc(Cl)c(C3CCN(C4COC4)C3)cc2N=C1Nc1cnn(C2(C)CC2)c1Cl. The van der Waals surface area contributed by atoms with Gasteiger partial charge in [0, 0.05) is 25.2 Å². The van der Waals surface area contributed by atoms with Crippen LogP contribution in [-0.2, 0) is 16.8 Å². The van der Waals surface area contributed by atoms with E-state index in [1.165, 1.54) is 5.56 Å². The quantitative estimate of drug-likeness (QED) is 0.709. The van der Waals surface area contributed by atoms with Crippen LogP contribution in [0.2, 0.25) is 10.2 Å². The third-order valence-electron chi connectivity index (χ3n) is 7.43. The maximum Gasteiger partial charge on any atom is 0.203 e. The first-order valence-corrected chi connectivity index (χ1v) is 12.1. The van der Waals surface area contributed by atoms with Gasteiger partial charge < -0.3 is 15.0 Å². The minimum atomic E-state index is 0.0519. The highest BCUT2D eigenvalue weighted by molar-refractivity contribution is 6.33. The molecule has 32 heavy (non-hydrogen) atoms. The molecular weight excluding hydrogens is 447 g/mol. The molecule has 1 unspecified atom stereocenters. The normalized spacial score (nSPS) is 24.8. The molecule has 4 aliphatic rings. The zero-order valence-electron chi connectivity index (χ0n) is 18.4. The van der Waals surface area contributed by atoms with Crippen LogP contribution in [0.1, 0.15) is 43.2 Å². The van der Waals surface area contributed by atoms with E-state index in [0.29, 0.717) is 17.1 Å². The molecule has 2 aromatic rings. The van der Waals surface area contributed by atoms with Crippen LogP contribution >= 0.6 is 23.2 Å². The molecule has 3 aliphatic heterocycles. The van der Waals surface area contributed by atoms with E-state index in [4.69, 9.17) is 32.9 Å². The second kappa shape index (κ2) is 7.62. The Hall–Kier alpha value is -1.80. The van der Waals surface area contributed by atoms with Crippen molar-refractivity contribution in [3.05, 3.63) is 39.6 Å². The van der Waals surface area contributed by atoms with Gasteiger partial charge in [0.25, 0.3) is 0 Å². The summed E-state index contributed by atoms with van der Waals surface area (Å²) in [5.41, 5.74) is 4.16. The van der Waals surface area contributed by atoms with Crippen molar-refractivity contribution in [2.24, 2.45) is 4.99 Å². The van der Waals surface area contributed by atoms with Gasteiger partial charge in [0.15, 0.2) is 5.15 Å². The van der Waals surface area contributed by atoms with Gasteiger partial charge in [-0.25, -0.2) is 9.67 Å². The van der Waals surface area contributed by atoms with Crippen molar-refractivity contribution in [3.63, 3.8) is 0 Å². The predicted octanol–water partition coefficient (Wildman–Crippen LogP) is 4.43. The van der Waals surface area contributed by atoms with Gasteiger partial charge in [0.1, 0.15) is 0 Å². The number of ether oxygens (including phenoxy) is 1. The topological polar surface area (TPSA) is 57.9 Å². The van der Waals surface area contributed by atoms with Gasteiger partial charge in [0.05, 0.1) is 42.4 Å². The number of nitrogens with one attached hydrogen (secondary N) is 1. The average molecular weight is 475 g/mol. The minimum absolute atomic E-state index is 0.0519. The largest absolute Gasteiger partial charge is 0.378 e. The molecule has 1 N–H and O–H groups in total. The summed E-state index contributed by atoms with van der Waals surface area (Å²) in [6, 6.07) is 4.85. The molecule has 3 fully saturated rings. The zero-order valence-corrected chi connectivity index (χ0v) is 20.0. The van der Waals surface area contributed by atoms with E-state index < -0.39 is 0 Å². The summed E-state index contributed by atoms with van der Waals surface area (Å²) in [4.78, 5) is 9.57. The number of benzene rings is 1. The van der Waals surface area contributed by atoms with Gasteiger partial charge in [-0.15, -0.1) is 0 Å². The van der Waals surface area contributed by atoms with Crippen LogP contribution in [0.4, 0.5) is 11.4 Å². The van der Waals surface area contributed by atoms with Crippen molar-refractivity contribution in [1.82, 2.24) is 19.6 Å². The number of likely N-dealkylation sites (tertiary alicyclic amines) is 1. The molecule has 0 radical (unpaired) electrons. The van der Waals surface area contributed by atoms with Crippen molar-refractivity contribution in [3.8, 4) is 0 Å². The molecule has 0 amide bonds. The Kier molecular flexibility index (Phi) is 4.95. The number of aromatic nitrogens is 2. The van der Waals surface area contributed by atoms with Crippen LogP contribution in [0.15, 0.2) is 23.3 Å². The molecule has 0 spiro atoms. The van der Waals surface area contributed by atoms with Gasteiger partial charge in [-0.1, -0.05) is 23.2 Å². The first-order valence-electron chi connectivity index (χ1n) is 11.4. The van der Waals surface area contributed by atoms with Gasteiger partial charge in [-0.3, -0.25) is 4.90 Å². The van der Waals surface area contributed by atoms with E-state index in [2.05, 4.69) is 39.3 Å². The standard InChI is InChI=1S/C23H28Cl2N6O/c1-23(4-5-23)31-21(25)20(9-26-31)28-22-27-19-8-17(18(24)7-15(19)10-29(22)2)14-3-6-30(11-14)16-12-32-13-16/h7-9,14,16H,3-6,10-13H2,1-2H3,(H,27,28). The molecule has 1 atom stereocenters. The van der Waals surface area contributed by atoms with E-state index in [-0.39, 0.29) is 5.54 Å². The van der Waals surface area contributed by atoms with Gasteiger partial charge in [-0.2, -0.15) is 5.10 Å². The van der Waals surface area contributed by atoms with E-state index in [1.54, 1.807) is 6.20 Å². The highest BCUT2D eigenvalue weighted by Crippen LogP contribution is 2.45. The van der Waals surface area contributed by atoms with Gasteiger partial charge in [0.2, 0.25) is 5.96 Å². The number of rotatable bonds is 4. The van der Waals surface area contributed by atoms with Gasteiger partial charge >= 0.3 is 0 Å². The molecule has 0 bridgehead atoms. The van der Waals surface area contributed by atoms with Crippen molar-refractivity contribution >= 4 is 40.5 Å². The fourth-order valence-corrected chi connectivity index (χ4v) is 5.61. The molecule has 170 valence electrons. The van der Waals surface area contributed by atoms with E-state index >= 15 is 0 Å². The average Bonchev–Trinajstić information content (AvgIpc) is 3.11. The zero-order chi connectivity index (χ0) is 22.0. The summed E-state index contributed by atoms with van der Waals surface area (Å²) in [5, 5.41) is 9.40. The summed E-state index contributed by atoms with van der Waals surface area (Å²) in [5.74, 6) is 1.21. The summed E-state index contributed by atoms with van der Waals surface area (Å²) >= 11 is 13.4. The van der Waals surface area contributed by atoms with Crippen LogP contribution in [0.25, 0.3) is 0 Å². The first-order chi connectivity index (χ1) is 15.4.